The van der Waals surface area contributed by atoms with E-state index in [4.69, 9.17) is 11.6 Å². The monoisotopic (exact) mass is 254 g/mol. The van der Waals surface area contributed by atoms with Gasteiger partial charge in [0.1, 0.15) is 5.52 Å². The molecule has 16 heavy (non-hydrogen) atoms. The minimum atomic E-state index is 0.123. The summed E-state index contributed by atoms with van der Waals surface area (Å²) in [5, 5.41) is 8.36. The first kappa shape index (κ1) is 10.4. The number of fused-ring (bicyclic) bond motifs is 1. The summed E-state index contributed by atoms with van der Waals surface area (Å²) >= 11 is 7.83. The summed E-state index contributed by atoms with van der Waals surface area (Å²) in [6.45, 7) is 0.866. The Morgan fingerprint density at radius 2 is 2.25 bits per heavy atom. The molecule has 0 saturated carbocycles. The van der Waals surface area contributed by atoms with Gasteiger partial charge in [-0.3, -0.25) is 4.90 Å². The molecule has 0 radical (unpaired) electrons. The molecule has 0 N–H and O–H groups in total. The average molecular weight is 255 g/mol. The van der Waals surface area contributed by atoms with E-state index in [2.05, 4.69) is 22.3 Å². The molecule has 2 heterocycles. The predicted molar refractivity (Wildman–Crippen MR) is 66.4 cm³/mol. The van der Waals surface area contributed by atoms with Gasteiger partial charge in [0.15, 0.2) is 5.50 Å². The summed E-state index contributed by atoms with van der Waals surface area (Å²) in [7, 11) is 2.05. The number of rotatable bonds is 1. The fourth-order valence-corrected chi connectivity index (χ4v) is 3.53. The molecule has 1 fully saturated rings. The van der Waals surface area contributed by atoms with Crippen LogP contribution in [0.25, 0.3) is 11.0 Å². The van der Waals surface area contributed by atoms with Crippen molar-refractivity contribution in [2.24, 2.45) is 0 Å². The smallest absolute Gasteiger partial charge is 0.155 e. The van der Waals surface area contributed by atoms with Gasteiger partial charge in [0.05, 0.1) is 10.2 Å². The Bertz CT molecular complexity index is 514. The fourth-order valence-electron chi connectivity index (χ4n) is 1.89. The Balaban J connectivity index is 2.06. The summed E-state index contributed by atoms with van der Waals surface area (Å²) < 4.78 is 2.06. The van der Waals surface area contributed by atoms with Crippen LogP contribution in [-0.2, 0) is 0 Å². The van der Waals surface area contributed by atoms with Gasteiger partial charge >= 0.3 is 0 Å². The Morgan fingerprint density at radius 3 is 3.00 bits per heavy atom. The molecule has 4 nitrogen and oxygen atoms in total. The highest BCUT2D eigenvalue weighted by molar-refractivity contribution is 8.01. The molecule has 6 heteroatoms. The molecule has 0 aliphatic carbocycles. The lowest BCUT2D eigenvalue weighted by Gasteiger charge is -2.18. The van der Waals surface area contributed by atoms with Crippen LogP contribution in [0.5, 0.6) is 0 Å². The largest absolute Gasteiger partial charge is 0.274 e. The lowest BCUT2D eigenvalue weighted by Crippen LogP contribution is -2.23. The number of thioether (sulfide) groups is 1. The summed E-state index contributed by atoms with van der Waals surface area (Å²) in [6.07, 6.45) is 0. The van der Waals surface area contributed by atoms with Crippen LogP contribution in [-0.4, -0.2) is 38.2 Å². The van der Waals surface area contributed by atoms with Gasteiger partial charge in [0.25, 0.3) is 0 Å². The highest BCUT2D eigenvalue weighted by Crippen LogP contribution is 2.39. The maximum atomic E-state index is 6.13. The van der Waals surface area contributed by atoms with Gasteiger partial charge in [-0.05, 0) is 19.2 Å². The molecule has 84 valence electrons. The highest BCUT2D eigenvalue weighted by Gasteiger charge is 2.31. The summed E-state index contributed by atoms with van der Waals surface area (Å²) in [6, 6.07) is 7.97. The normalized spacial score (nSPS) is 26.6. The van der Waals surface area contributed by atoms with Crippen molar-refractivity contribution in [1.29, 1.82) is 0 Å². The molecular weight excluding hydrogens is 244 g/mol. The van der Waals surface area contributed by atoms with E-state index in [1.54, 1.807) is 11.8 Å². The molecule has 1 aromatic carbocycles. The number of benzene rings is 1. The van der Waals surface area contributed by atoms with Crippen LogP contribution in [0.3, 0.4) is 0 Å². The van der Waals surface area contributed by atoms with E-state index in [0.717, 1.165) is 17.6 Å². The number of hydrogen-bond donors (Lipinski definition) is 0. The Kier molecular flexibility index (Phi) is 2.53. The van der Waals surface area contributed by atoms with Gasteiger partial charge in [0.2, 0.25) is 0 Å². The van der Waals surface area contributed by atoms with Crippen LogP contribution < -0.4 is 0 Å². The molecule has 1 aliphatic rings. The maximum absolute atomic E-state index is 6.13. The van der Waals surface area contributed by atoms with Gasteiger partial charge in [-0.25, -0.2) is 4.68 Å². The van der Waals surface area contributed by atoms with Crippen molar-refractivity contribution in [2.75, 3.05) is 13.6 Å². The van der Waals surface area contributed by atoms with Crippen molar-refractivity contribution in [1.82, 2.24) is 19.9 Å². The van der Waals surface area contributed by atoms with Crippen LogP contribution in [0.15, 0.2) is 24.3 Å². The lowest BCUT2D eigenvalue weighted by atomic mass is 10.3. The third-order valence-electron chi connectivity index (χ3n) is 2.66. The molecular formula is C10H11ClN4S. The standard InChI is InChI=1S/C10H11ClN4S/c1-14-6-9(11)16-10(14)15-8-5-3-2-4-7(8)12-13-15/h2-5,9-10H,6H2,1H3. The minimum Gasteiger partial charge on any atom is -0.274 e. The molecule has 0 bridgehead atoms. The Morgan fingerprint density at radius 1 is 1.44 bits per heavy atom. The van der Waals surface area contributed by atoms with Crippen molar-refractivity contribution in [3.63, 3.8) is 0 Å². The Hall–Kier alpha value is -0.780. The molecule has 1 aromatic heterocycles. The van der Waals surface area contributed by atoms with Crippen LogP contribution in [0.4, 0.5) is 0 Å². The first-order chi connectivity index (χ1) is 7.75. The van der Waals surface area contributed by atoms with Crippen molar-refractivity contribution in [3.8, 4) is 0 Å². The van der Waals surface area contributed by atoms with Crippen molar-refractivity contribution in [2.45, 2.75) is 10.2 Å². The van der Waals surface area contributed by atoms with Gasteiger partial charge in [0, 0.05) is 6.54 Å². The lowest BCUT2D eigenvalue weighted by molar-refractivity contribution is 0.275. The summed E-state index contributed by atoms with van der Waals surface area (Å²) in [5.74, 6) is 0. The molecule has 2 atom stereocenters. The van der Waals surface area contributed by atoms with Gasteiger partial charge in [-0.2, -0.15) is 0 Å². The van der Waals surface area contributed by atoms with Crippen molar-refractivity contribution < 1.29 is 0 Å². The maximum Gasteiger partial charge on any atom is 0.155 e. The van der Waals surface area contributed by atoms with Crippen LogP contribution in [0.1, 0.15) is 5.50 Å². The number of nitrogens with zero attached hydrogens (tertiary/aromatic N) is 4. The van der Waals surface area contributed by atoms with Crippen LogP contribution >= 0.6 is 23.4 Å². The van der Waals surface area contributed by atoms with Crippen LogP contribution in [0, 0.1) is 0 Å². The third kappa shape index (κ3) is 1.59. The molecule has 2 aromatic rings. The van der Waals surface area contributed by atoms with E-state index in [0.29, 0.717) is 0 Å². The number of alkyl halides is 1. The van der Waals surface area contributed by atoms with E-state index in [1.165, 1.54) is 0 Å². The summed E-state index contributed by atoms with van der Waals surface area (Å²) in [4.78, 5) is 2.18. The van der Waals surface area contributed by atoms with Crippen LogP contribution in [0.2, 0.25) is 0 Å². The SMILES string of the molecule is CN1CC(Cl)SC1n1nnc2ccccc21. The molecule has 3 rings (SSSR count). The first-order valence-electron chi connectivity index (χ1n) is 5.05. The van der Waals surface area contributed by atoms with Crippen molar-refractivity contribution >= 4 is 34.4 Å². The summed E-state index contributed by atoms with van der Waals surface area (Å²) in [5.41, 5.74) is 2.13. The number of hydrogen-bond acceptors (Lipinski definition) is 4. The number of halogens is 1. The fraction of sp³-hybridized carbons (Fsp3) is 0.400. The highest BCUT2D eigenvalue weighted by atomic mass is 35.5. The zero-order valence-electron chi connectivity index (χ0n) is 8.75. The zero-order chi connectivity index (χ0) is 11.1. The van der Waals surface area contributed by atoms with E-state index < -0.39 is 0 Å². The quantitative estimate of drug-likeness (QED) is 0.730. The van der Waals surface area contributed by atoms with E-state index >= 15 is 0 Å². The molecule has 2 unspecified atom stereocenters. The molecule has 1 saturated heterocycles. The topological polar surface area (TPSA) is 34.0 Å². The predicted octanol–water partition coefficient (Wildman–Crippen LogP) is 2.13. The number of aromatic nitrogens is 3. The molecule has 0 amide bonds. The second kappa shape index (κ2) is 3.91. The second-order valence-electron chi connectivity index (χ2n) is 3.83. The van der Waals surface area contributed by atoms with Gasteiger partial charge < -0.3 is 0 Å². The second-order valence-corrected chi connectivity index (χ2v) is 5.88. The molecule has 1 aliphatic heterocycles. The first-order valence-corrected chi connectivity index (χ1v) is 6.43. The van der Waals surface area contributed by atoms with E-state index in [1.807, 2.05) is 28.9 Å². The third-order valence-corrected chi connectivity index (χ3v) is 4.36. The molecule has 0 spiro atoms. The van der Waals surface area contributed by atoms with Gasteiger partial charge in [-0.15, -0.1) is 16.7 Å². The number of para-hydroxylation sites is 1. The zero-order valence-corrected chi connectivity index (χ0v) is 10.3. The van der Waals surface area contributed by atoms with E-state index in [-0.39, 0.29) is 10.2 Å². The van der Waals surface area contributed by atoms with Gasteiger partial charge in [-0.1, -0.05) is 29.1 Å². The van der Waals surface area contributed by atoms with E-state index in [9.17, 15) is 0 Å². The Labute approximate surface area is 103 Å². The minimum absolute atomic E-state index is 0.123. The van der Waals surface area contributed by atoms with Crippen molar-refractivity contribution in [3.05, 3.63) is 24.3 Å². The average Bonchev–Trinajstić information content (AvgIpc) is 2.81.